The number of aliphatic hydroxyl groups excluding tert-OH is 1. The molecule has 3 aromatic rings. The van der Waals surface area contributed by atoms with Crippen LogP contribution in [0.3, 0.4) is 0 Å². The first-order valence-electron chi connectivity index (χ1n) is 7.59. The van der Waals surface area contributed by atoms with E-state index in [1.165, 1.54) is 11.3 Å². The Balaban J connectivity index is 2.05. The van der Waals surface area contributed by atoms with Gasteiger partial charge in [0, 0.05) is 11.9 Å². The molecule has 0 fully saturated rings. The van der Waals surface area contributed by atoms with E-state index in [4.69, 9.17) is 11.5 Å². The molecule has 25 heavy (non-hydrogen) atoms. The van der Waals surface area contributed by atoms with Crippen molar-refractivity contribution in [3.05, 3.63) is 38.5 Å². The molecule has 2 aromatic heterocycles. The number of thiophene rings is 1. The van der Waals surface area contributed by atoms with Crippen molar-refractivity contribution in [2.24, 2.45) is 5.73 Å². The lowest BCUT2D eigenvalue weighted by atomic mass is 10.1. The molecule has 0 saturated carbocycles. The van der Waals surface area contributed by atoms with E-state index in [0.29, 0.717) is 33.8 Å². The number of halogens is 1. The first-order valence-corrected chi connectivity index (χ1v) is 9.20. The van der Waals surface area contributed by atoms with Gasteiger partial charge in [-0.25, -0.2) is 0 Å². The Bertz CT molecular complexity index is 936. The van der Waals surface area contributed by atoms with E-state index < -0.39 is 12.1 Å². The summed E-state index contributed by atoms with van der Waals surface area (Å²) in [6.45, 7) is 2.65. The summed E-state index contributed by atoms with van der Waals surface area (Å²) in [4.78, 5) is 15.8. The van der Waals surface area contributed by atoms with Crippen molar-refractivity contribution in [3.63, 3.8) is 0 Å². The average Bonchev–Trinajstić information content (AvgIpc) is 3.11. The molecular formula is C16H18BrN5O2S. The molecule has 9 heteroatoms. The molecule has 3 rings (SSSR count). The summed E-state index contributed by atoms with van der Waals surface area (Å²) in [6, 6.07) is 7.15. The molecule has 1 amide bonds. The fraction of sp³-hybridized carbons (Fsp3) is 0.188. The van der Waals surface area contributed by atoms with Gasteiger partial charge in [0.15, 0.2) is 6.23 Å². The monoisotopic (exact) mass is 423 g/mol. The van der Waals surface area contributed by atoms with Crippen LogP contribution < -0.4 is 22.1 Å². The Morgan fingerprint density at radius 2 is 2.20 bits per heavy atom. The van der Waals surface area contributed by atoms with Crippen LogP contribution in [0.4, 0.5) is 17.2 Å². The quantitative estimate of drug-likeness (QED) is 0.267. The molecular weight excluding hydrogens is 406 g/mol. The molecule has 7 nitrogen and oxygen atoms in total. The van der Waals surface area contributed by atoms with Gasteiger partial charge in [-0.2, -0.15) is 0 Å². The number of benzene rings is 1. The second kappa shape index (κ2) is 6.95. The topological polar surface area (TPSA) is 129 Å². The molecule has 0 radical (unpaired) electrons. The highest BCUT2D eigenvalue weighted by atomic mass is 79.9. The highest BCUT2D eigenvalue weighted by Gasteiger charge is 2.20. The number of rotatable bonds is 6. The van der Waals surface area contributed by atoms with Gasteiger partial charge in [0.1, 0.15) is 5.82 Å². The van der Waals surface area contributed by atoms with Gasteiger partial charge < -0.3 is 32.2 Å². The number of hydrogen-bond donors (Lipinski definition) is 6. The first kappa shape index (κ1) is 17.6. The van der Waals surface area contributed by atoms with Crippen molar-refractivity contribution >= 4 is 61.3 Å². The smallest absolute Gasteiger partial charge is 0.253 e. The fourth-order valence-electron chi connectivity index (χ4n) is 2.65. The standard InChI is InChI=1S/C16H18BrN5O2S/c1-2-20-10-5-7-9(6-8(10)18)21-15(13(7)14(19)23)22-16(24)11-3-4-12(17)25-11/h3-6,16,20-22,24H,2,18H2,1H3,(H2,19,23). The maximum Gasteiger partial charge on any atom is 0.253 e. The van der Waals surface area contributed by atoms with E-state index in [9.17, 15) is 9.90 Å². The number of aromatic amines is 1. The largest absolute Gasteiger partial charge is 0.397 e. The van der Waals surface area contributed by atoms with Crippen molar-refractivity contribution < 1.29 is 9.90 Å². The Kier molecular flexibility index (Phi) is 4.89. The Hall–Kier alpha value is -2.23. The number of nitrogens with two attached hydrogens (primary N) is 2. The van der Waals surface area contributed by atoms with Crippen molar-refractivity contribution in [1.29, 1.82) is 0 Å². The van der Waals surface area contributed by atoms with Crippen LogP contribution in [0.1, 0.15) is 28.4 Å². The number of primary amides is 1. The van der Waals surface area contributed by atoms with Gasteiger partial charge in [0.05, 0.1) is 31.1 Å². The lowest BCUT2D eigenvalue weighted by Crippen LogP contribution is -2.16. The van der Waals surface area contributed by atoms with Crippen LogP contribution >= 0.6 is 27.3 Å². The third kappa shape index (κ3) is 3.44. The first-order chi connectivity index (χ1) is 11.9. The third-order valence-electron chi connectivity index (χ3n) is 3.73. The zero-order valence-electron chi connectivity index (χ0n) is 13.4. The van der Waals surface area contributed by atoms with Gasteiger partial charge in [0.25, 0.3) is 5.91 Å². The van der Waals surface area contributed by atoms with E-state index in [1.807, 2.05) is 13.0 Å². The van der Waals surface area contributed by atoms with E-state index in [0.717, 1.165) is 9.47 Å². The fourth-order valence-corrected chi connectivity index (χ4v) is 4.01. The van der Waals surface area contributed by atoms with Gasteiger partial charge in [-0.3, -0.25) is 4.79 Å². The van der Waals surface area contributed by atoms with Crippen molar-refractivity contribution in [1.82, 2.24) is 4.98 Å². The van der Waals surface area contributed by atoms with Crippen LogP contribution in [-0.4, -0.2) is 22.5 Å². The number of H-pyrrole nitrogens is 1. The highest BCUT2D eigenvalue weighted by molar-refractivity contribution is 9.11. The van der Waals surface area contributed by atoms with E-state index in [-0.39, 0.29) is 5.56 Å². The van der Waals surface area contributed by atoms with Crippen LogP contribution in [0.2, 0.25) is 0 Å². The van der Waals surface area contributed by atoms with E-state index >= 15 is 0 Å². The van der Waals surface area contributed by atoms with Crippen molar-refractivity contribution in [2.75, 3.05) is 22.9 Å². The molecule has 0 saturated heterocycles. The summed E-state index contributed by atoms with van der Waals surface area (Å²) < 4.78 is 0.901. The number of hydrogen-bond acceptors (Lipinski definition) is 6. The van der Waals surface area contributed by atoms with Crippen molar-refractivity contribution in [3.8, 4) is 0 Å². The molecule has 1 atom stereocenters. The van der Waals surface area contributed by atoms with Gasteiger partial charge in [-0.15, -0.1) is 11.3 Å². The summed E-state index contributed by atoms with van der Waals surface area (Å²) in [5.41, 5.74) is 13.8. The normalized spacial score (nSPS) is 12.3. The molecule has 0 aliphatic heterocycles. The number of amides is 1. The summed E-state index contributed by atoms with van der Waals surface area (Å²) in [7, 11) is 0. The predicted octanol–water partition coefficient (Wildman–Crippen LogP) is 3.21. The maximum atomic E-state index is 12.0. The lowest BCUT2D eigenvalue weighted by molar-refractivity contribution is 0.100. The van der Waals surface area contributed by atoms with Crippen LogP contribution in [-0.2, 0) is 0 Å². The van der Waals surface area contributed by atoms with Gasteiger partial charge in [-0.1, -0.05) is 0 Å². The lowest BCUT2D eigenvalue weighted by Gasteiger charge is -2.12. The van der Waals surface area contributed by atoms with Gasteiger partial charge in [-0.05, 0) is 47.1 Å². The number of carbonyl (C=O) groups is 1. The summed E-state index contributed by atoms with van der Waals surface area (Å²) >= 11 is 4.75. The molecule has 0 bridgehead atoms. The highest BCUT2D eigenvalue weighted by Crippen LogP contribution is 2.34. The number of anilines is 3. The third-order valence-corrected chi connectivity index (χ3v) is 5.40. The number of aromatic nitrogens is 1. The van der Waals surface area contributed by atoms with Crippen LogP contribution in [0.25, 0.3) is 10.9 Å². The number of fused-ring (bicyclic) bond motifs is 1. The van der Waals surface area contributed by atoms with Crippen molar-refractivity contribution in [2.45, 2.75) is 13.2 Å². The molecule has 2 heterocycles. The molecule has 1 aromatic carbocycles. The van der Waals surface area contributed by atoms with E-state index in [2.05, 4.69) is 31.5 Å². The average molecular weight is 424 g/mol. The van der Waals surface area contributed by atoms with E-state index in [1.54, 1.807) is 18.2 Å². The summed E-state index contributed by atoms with van der Waals surface area (Å²) in [6.07, 6.45) is -0.979. The minimum absolute atomic E-state index is 0.281. The van der Waals surface area contributed by atoms with Gasteiger partial charge in [0.2, 0.25) is 0 Å². The Morgan fingerprint density at radius 3 is 2.80 bits per heavy atom. The molecule has 8 N–H and O–H groups in total. The number of nitrogen functional groups attached to an aromatic ring is 1. The summed E-state index contributed by atoms with van der Waals surface area (Å²) in [5, 5.41) is 17.1. The molecule has 0 aliphatic rings. The minimum Gasteiger partial charge on any atom is -0.397 e. The number of carbonyl (C=O) groups excluding carboxylic acids is 1. The Morgan fingerprint density at radius 1 is 1.44 bits per heavy atom. The van der Waals surface area contributed by atoms with Crippen LogP contribution in [0.15, 0.2) is 28.1 Å². The maximum absolute atomic E-state index is 12.0. The molecule has 0 spiro atoms. The SMILES string of the molecule is CCNc1cc2c(C(N)=O)c(NC(O)c3ccc(Br)s3)[nH]c2cc1N. The molecule has 1 unspecified atom stereocenters. The zero-order valence-corrected chi connectivity index (χ0v) is 15.8. The Labute approximate surface area is 156 Å². The van der Waals surface area contributed by atoms with Crippen LogP contribution in [0.5, 0.6) is 0 Å². The minimum atomic E-state index is -0.979. The summed E-state index contributed by atoms with van der Waals surface area (Å²) in [5.74, 6) is -0.242. The second-order valence-corrected chi connectivity index (χ2v) is 7.94. The van der Waals surface area contributed by atoms with Crippen LogP contribution in [0, 0.1) is 0 Å². The number of nitrogens with one attached hydrogen (secondary N) is 3. The predicted molar refractivity (Wildman–Crippen MR) is 106 cm³/mol. The molecule has 0 aliphatic carbocycles. The molecule has 132 valence electrons. The second-order valence-electron chi connectivity index (χ2n) is 5.44. The zero-order chi connectivity index (χ0) is 18.1. The number of aliphatic hydroxyl groups is 1. The van der Waals surface area contributed by atoms with Gasteiger partial charge >= 0.3 is 0 Å².